The minimum absolute atomic E-state index is 0.0547. The molecular weight excluding hydrogens is 354 g/mol. The van der Waals surface area contributed by atoms with Crippen LogP contribution in [0.4, 0.5) is 20.2 Å². The number of anilines is 2. The molecule has 0 unspecified atom stereocenters. The van der Waals surface area contributed by atoms with Gasteiger partial charge in [-0.3, -0.25) is 4.98 Å². The summed E-state index contributed by atoms with van der Waals surface area (Å²) in [6.07, 6.45) is -1.12. The van der Waals surface area contributed by atoms with Crippen molar-refractivity contribution < 1.29 is 27.1 Å². The van der Waals surface area contributed by atoms with Gasteiger partial charge in [-0.05, 0) is 24.3 Å². The van der Waals surface area contributed by atoms with Crippen molar-refractivity contribution in [1.82, 2.24) is 4.98 Å². The van der Waals surface area contributed by atoms with Crippen LogP contribution in [0.5, 0.6) is 11.5 Å². The van der Waals surface area contributed by atoms with E-state index in [0.717, 1.165) is 0 Å². The van der Waals surface area contributed by atoms with E-state index in [9.17, 15) is 8.78 Å². The third-order valence-corrected chi connectivity index (χ3v) is 3.91. The molecule has 5 nitrogen and oxygen atoms in total. The van der Waals surface area contributed by atoms with Gasteiger partial charge >= 0.3 is 0 Å². The molecule has 2 aromatic carbocycles. The molecule has 0 aliphatic rings. The molecule has 3 aromatic rings. The maximum atomic E-state index is 13.0. The van der Waals surface area contributed by atoms with Crippen LogP contribution in [0.15, 0.2) is 48.7 Å². The van der Waals surface area contributed by atoms with Crippen LogP contribution in [0.3, 0.4) is 0 Å². The molecule has 1 N–H and O–H groups in total. The Morgan fingerprint density at radius 3 is 2.78 bits per heavy atom. The van der Waals surface area contributed by atoms with Gasteiger partial charge in [-0.2, -0.15) is 0 Å². The highest BCUT2D eigenvalue weighted by atomic mass is 19.3. The molecule has 0 amide bonds. The minimum atomic E-state index is -2.67. The van der Waals surface area contributed by atoms with Crippen molar-refractivity contribution in [1.29, 1.82) is 0 Å². The first-order chi connectivity index (χ1) is 14.3. The molecule has 0 aliphatic heterocycles. The summed E-state index contributed by atoms with van der Waals surface area (Å²) in [7, 11) is -1.13. The summed E-state index contributed by atoms with van der Waals surface area (Å²) in [4.78, 5) is 4.14. The number of rotatable bonds is 8. The Morgan fingerprint density at radius 1 is 1.11 bits per heavy atom. The molecule has 27 heavy (non-hydrogen) atoms. The van der Waals surface area contributed by atoms with Crippen LogP contribution in [0.25, 0.3) is 10.9 Å². The first kappa shape index (κ1) is 15.2. The summed E-state index contributed by atoms with van der Waals surface area (Å²) in [5.74, 6) is 0.470. The minimum Gasteiger partial charge on any atom is -0.494 e. The van der Waals surface area contributed by atoms with Crippen LogP contribution < -0.4 is 14.8 Å². The largest absolute Gasteiger partial charge is 0.494 e. The fourth-order valence-corrected chi connectivity index (χ4v) is 2.58. The predicted octanol–water partition coefficient (Wildman–Crippen LogP) is 4.95. The Labute approximate surface area is 160 Å². The number of halogens is 2. The Kier molecular flexibility index (Phi) is 4.85. The lowest BCUT2D eigenvalue weighted by Gasteiger charge is -2.15. The fraction of sp³-hybridized carbons (Fsp3) is 0.250. The van der Waals surface area contributed by atoms with Crippen molar-refractivity contribution in [3.05, 3.63) is 54.2 Å². The fourth-order valence-electron chi connectivity index (χ4n) is 2.58. The molecule has 142 valence electrons. The van der Waals surface area contributed by atoms with Crippen LogP contribution in [0, 0.1) is 0 Å². The molecule has 0 fully saturated rings. The van der Waals surface area contributed by atoms with Crippen molar-refractivity contribution in [3.63, 3.8) is 0 Å². The number of ether oxygens (including phenoxy) is 3. The van der Waals surface area contributed by atoms with Gasteiger partial charge in [0.15, 0.2) is 0 Å². The Balaban J connectivity index is 1.94. The number of pyridine rings is 1. The SMILES string of the molecule is [2H]C([2H])([2H])Oc1cc(OCCOC)ccc1Nc1ccnc2cc(C(F)F)ccc12. The normalized spacial score (nSPS) is 13.1. The number of fused-ring (bicyclic) bond motifs is 1. The first-order valence-corrected chi connectivity index (χ1v) is 8.15. The molecule has 0 spiro atoms. The van der Waals surface area contributed by atoms with Crippen LogP contribution in [0.1, 0.15) is 16.1 Å². The predicted molar refractivity (Wildman–Crippen MR) is 100 cm³/mol. The van der Waals surface area contributed by atoms with E-state index in [2.05, 4.69) is 10.3 Å². The van der Waals surface area contributed by atoms with Gasteiger partial charge in [-0.25, -0.2) is 8.78 Å². The van der Waals surface area contributed by atoms with Gasteiger partial charge in [0.05, 0.1) is 29.0 Å². The number of alkyl halides is 2. The van der Waals surface area contributed by atoms with E-state index < -0.39 is 13.5 Å². The molecule has 1 aromatic heterocycles. The molecule has 0 bridgehead atoms. The lowest BCUT2D eigenvalue weighted by molar-refractivity contribution is 0.146. The summed E-state index contributed by atoms with van der Waals surface area (Å²) in [6.45, 7) is 0.664. The molecule has 1 heterocycles. The molecule has 3 rings (SSSR count). The van der Waals surface area contributed by atoms with Gasteiger partial charge in [0.2, 0.25) is 0 Å². The number of nitrogens with one attached hydrogen (secondary N) is 1. The second-order valence-electron chi connectivity index (χ2n) is 5.66. The number of methoxy groups -OCH3 is 2. The van der Waals surface area contributed by atoms with E-state index in [1.165, 1.54) is 24.4 Å². The zero-order chi connectivity index (χ0) is 21.7. The number of benzene rings is 2. The highest BCUT2D eigenvalue weighted by Crippen LogP contribution is 2.34. The van der Waals surface area contributed by atoms with E-state index in [0.29, 0.717) is 34.6 Å². The van der Waals surface area contributed by atoms with Crippen molar-refractivity contribution in [3.8, 4) is 11.5 Å². The van der Waals surface area contributed by atoms with Gasteiger partial charge in [-0.1, -0.05) is 12.1 Å². The standard InChI is InChI=1S/C20H20F2N2O3/c1-25-9-10-27-14-4-6-17(19(12-14)26-2)24-16-7-8-23-18-11-13(20(21)22)3-5-15(16)18/h3-8,11-12,20H,9-10H2,1-2H3,(H,23,24)/i2D3. The number of nitrogens with zero attached hydrogens (tertiary/aromatic N) is 1. The number of aromatic nitrogens is 1. The van der Waals surface area contributed by atoms with Gasteiger partial charge < -0.3 is 19.5 Å². The third kappa shape index (κ3) is 4.43. The average molecular weight is 377 g/mol. The van der Waals surface area contributed by atoms with E-state index >= 15 is 0 Å². The van der Waals surface area contributed by atoms with Gasteiger partial charge in [0.25, 0.3) is 6.43 Å². The average Bonchev–Trinajstić information content (AvgIpc) is 2.68. The van der Waals surface area contributed by atoms with E-state index in [1.807, 2.05) is 0 Å². The second-order valence-corrected chi connectivity index (χ2v) is 5.66. The molecule has 7 heteroatoms. The van der Waals surface area contributed by atoms with E-state index in [4.69, 9.17) is 18.3 Å². The highest BCUT2D eigenvalue weighted by molar-refractivity contribution is 5.93. The van der Waals surface area contributed by atoms with Crippen LogP contribution in [0.2, 0.25) is 0 Å². The first-order valence-electron chi connectivity index (χ1n) is 9.65. The number of hydrogen-bond acceptors (Lipinski definition) is 5. The highest BCUT2D eigenvalue weighted by Gasteiger charge is 2.11. The summed E-state index contributed by atoms with van der Waals surface area (Å²) < 4.78 is 63.8. The summed E-state index contributed by atoms with van der Waals surface area (Å²) >= 11 is 0. The monoisotopic (exact) mass is 377 g/mol. The Bertz CT molecular complexity index is 1020. The van der Waals surface area contributed by atoms with Gasteiger partial charge in [-0.15, -0.1) is 0 Å². The molecule has 0 saturated heterocycles. The second kappa shape index (κ2) is 8.64. The summed E-state index contributed by atoms with van der Waals surface area (Å²) in [6, 6.07) is 10.6. The van der Waals surface area contributed by atoms with E-state index in [1.54, 1.807) is 31.4 Å². The van der Waals surface area contributed by atoms with Crippen molar-refractivity contribution >= 4 is 22.3 Å². The maximum Gasteiger partial charge on any atom is 0.263 e. The van der Waals surface area contributed by atoms with Crippen LogP contribution >= 0.6 is 0 Å². The third-order valence-electron chi connectivity index (χ3n) is 3.91. The van der Waals surface area contributed by atoms with Crippen molar-refractivity contribution in [2.45, 2.75) is 6.43 Å². The molecular formula is C20H20F2N2O3. The van der Waals surface area contributed by atoms with Crippen LogP contribution in [-0.4, -0.2) is 32.3 Å². The van der Waals surface area contributed by atoms with Gasteiger partial charge in [0, 0.05) is 36.0 Å². The maximum absolute atomic E-state index is 13.0. The zero-order valence-electron chi connectivity index (χ0n) is 17.5. The molecule has 0 radical (unpaired) electrons. The summed E-state index contributed by atoms with van der Waals surface area (Å²) in [5, 5.41) is 3.70. The lowest BCUT2D eigenvalue weighted by Crippen LogP contribution is -2.04. The lowest BCUT2D eigenvalue weighted by atomic mass is 10.1. The number of hydrogen-bond donors (Lipinski definition) is 1. The quantitative estimate of drug-likeness (QED) is 0.563. The molecule has 0 aliphatic carbocycles. The smallest absolute Gasteiger partial charge is 0.263 e. The zero-order valence-corrected chi connectivity index (χ0v) is 14.5. The molecule has 0 atom stereocenters. The Morgan fingerprint density at radius 2 is 2.00 bits per heavy atom. The van der Waals surface area contributed by atoms with Crippen LogP contribution in [-0.2, 0) is 4.74 Å². The van der Waals surface area contributed by atoms with Gasteiger partial charge in [0.1, 0.15) is 18.1 Å². The topological polar surface area (TPSA) is 52.6 Å². The van der Waals surface area contributed by atoms with E-state index in [-0.39, 0.29) is 17.9 Å². The van der Waals surface area contributed by atoms with Crippen molar-refractivity contribution in [2.24, 2.45) is 0 Å². The van der Waals surface area contributed by atoms with Crippen molar-refractivity contribution in [2.75, 3.05) is 32.7 Å². The summed E-state index contributed by atoms with van der Waals surface area (Å²) in [5.41, 5.74) is 1.19. The Hall–Kier alpha value is -2.93. The molecule has 0 saturated carbocycles.